The van der Waals surface area contributed by atoms with Crippen molar-refractivity contribution < 1.29 is 32.2 Å². The maximum atomic E-state index is 14.3. The number of allylic oxidation sites excluding steroid dienone is 1. The summed E-state index contributed by atoms with van der Waals surface area (Å²) < 4.78 is 48.8. The van der Waals surface area contributed by atoms with Crippen LogP contribution in [-0.4, -0.2) is 91.9 Å². The van der Waals surface area contributed by atoms with E-state index in [1.807, 2.05) is 31.3 Å². The molecule has 2 fully saturated rings. The number of fused-ring (bicyclic) bond motifs is 5. The number of carbonyl (C=O) groups excluding carboxylic acids is 2. The summed E-state index contributed by atoms with van der Waals surface area (Å²) in [6.07, 6.45) is 9.12. The summed E-state index contributed by atoms with van der Waals surface area (Å²) in [4.78, 5) is 29.6. The highest BCUT2D eigenvalue weighted by Gasteiger charge is 2.33. The predicted molar refractivity (Wildman–Crippen MR) is 204 cm³/mol. The number of carbonyl (C=O) groups is 2. The first-order chi connectivity index (χ1) is 25.5. The van der Waals surface area contributed by atoms with Crippen molar-refractivity contribution in [2.45, 2.75) is 64.5 Å². The zero-order valence-corrected chi connectivity index (χ0v) is 32.0. The molecule has 0 radical (unpaired) electrons. The SMILES string of the molecule is COC[C@@H]1CN(C(=O)c2cnn(C)c2C2=Cc3cc(OC)ccc3-c3c(C4CCCCC4)c4ccc(C(=O)NS(=O)(=O)CC(C)C)cc4n3C2)CCO1. The van der Waals surface area contributed by atoms with Crippen LogP contribution in [0.1, 0.15) is 89.4 Å². The Kier molecular flexibility index (Phi) is 10.5. The first-order valence-electron chi connectivity index (χ1n) is 18.5. The van der Waals surface area contributed by atoms with E-state index in [0.717, 1.165) is 59.0 Å². The molecule has 13 heteroatoms. The molecule has 2 aliphatic heterocycles. The van der Waals surface area contributed by atoms with Crippen LogP contribution < -0.4 is 9.46 Å². The summed E-state index contributed by atoms with van der Waals surface area (Å²) in [6.45, 7) is 5.67. The number of ether oxygens (including phenoxy) is 3. The maximum absolute atomic E-state index is 14.3. The van der Waals surface area contributed by atoms with Gasteiger partial charge >= 0.3 is 0 Å². The molecular formula is C40H49N5O7S. The van der Waals surface area contributed by atoms with Crippen LogP contribution >= 0.6 is 0 Å². The van der Waals surface area contributed by atoms with Crippen molar-refractivity contribution in [1.29, 1.82) is 0 Å². The summed E-state index contributed by atoms with van der Waals surface area (Å²) in [7, 11) is 1.30. The van der Waals surface area contributed by atoms with E-state index in [1.165, 1.54) is 12.0 Å². The molecule has 1 N–H and O–H groups in total. The van der Waals surface area contributed by atoms with Crippen LogP contribution in [0.15, 0.2) is 42.6 Å². The van der Waals surface area contributed by atoms with E-state index in [9.17, 15) is 18.0 Å². The number of morpholine rings is 1. The lowest BCUT2D eigenvalue weighted by molar-refractivity contribution is -0.0531. The Labute approximate surface area is 311 Å². The third-order valence-corrected chi connectivity index (χ3v) is 12.2. The fraction of sp³-hybridized carbons (Fsp3) is 0.475. The summed E-state index contributed by atoms with van der Waals surface area (Å²) in [5.41, 5.74) is 7.41. The molecule has 1 saturated heterocycles. The zero-order valence-electron chi connectivity index (χ0n) is 31.2. The highest BCUT2D eigenvalue weighted by atomic mass is 32.2. The number of hydrogen-bond acceptors (Lipinski definition) is 8. The van der Waals surface area contributed by atoms with Gasteiger partial charge in [0.25, 0.3) is 11.8 Å². The quantitative estimate of drug-likeness (QED) is 0.214. The standard InChI is InChI=1S/C40H49N5O7S/c1-25(2)24-53(48,49)42-39(46)27-11-13-33-35(19-27)45-21-29(37-34(20-41-43(37)3)40(47)44-15-16-52-31(22-44)23-50-4)17-28-18-30(51-5)12-14-32(28)38(45)36(33)26-9-7-6-8-10-26/h11-14,17-20,25-26,31H,6-10,15-16,21-24H2,1-5H3,(H,42,46)/t31-/m0/s1. The Bertz CT molecular complexity index is 2180. The molecule has 1 atom stereocenters. The fourth-order valence-electron chi connectivity index (χ4n) is 8.34. The smallest absolute Gasteiger partial charge is 0.264 e. The van der Waals surface area contributed by atoms with Crippen molar-refractivity contribution >= 4 is 44.4 Å². The van der Waals surface area contributed by atoms with Crippen LogP contribution in [-0.2, 0) is 33.1 Å². The number of nitrogens with zero attached hydrogens (tertiary/aromatic N) is 4. The van der Waals surface area contributed by atoms with Gasteiger partial charge in [-0.05, 0) is 77.8 Å². The molecule has 2 aromatic carbocycles. The number of benzene rings is 2. The number of rotatable bonds is 10. The summed E-state index contributed by atoms with van der Waals surface area (Å²) in [5, 5.41) is 5.64. The number of amides is 2. The molecule has 12 nitrogen and oxygen atoms in total. The minimum atomic E-state index is -3.82. The molecule has 4 heterocycles. The molecule has 3 aliphatic rings. The van der Waals surface area contributed by atoms with Crippen molar-refractivity contribution in [2.75, 3.05) is 46.3 Å². The second-order valence-electron chi connectivity index (χ2n) is 14.9. The number of hydrogen-bond donors (Lipinski definition) is 1. The molecule has 1 saturated carbocycles. The number of nitrogens with one attached hydrogen (secondary N) is 1. The van der Waals surface area contributed by atoms with Crippen molar-refractivity contribution in [3.63, 3.8) is 0 Å². The zero-order chi connectivity index (χ0) is 37.4. The van der Waals surface area contributed by atoms with Gasteiger partial charge in [-0.15, -0.1) is 0 Å². The number of sulfonamides is 1. The third kappa shape index (κ3) is 7.39. The molecule has 7 rings (SSSR count). The Morgan fingerprint density at radius 2 is 1.85 bits per heavy atom. The van der Waals surface area contributed by atoms with Crippen LogP contribution in [0.4, 0.5) is 0 Å². The highest BCUT2D eigenvalue weighted by Crippen LogP contribution is 2.48. The van der Waals surface area contributed by atoms with Crippen LogP contribution in [0, 0.1) is 5.92 Å². The van der Waals surface area contributed by atoms with Gasteiger partial charge in [-0.2, -0.15) is 5.10 Å². The Balaban J connectivity index is 1.40. The lowest BCUT2D eigenvalue weighted by Gasteiger charge is -2.32. The summed E-state index contributed by atoms with van der Waals surface area (Å²) in [6, 6.07) is 11.6. The molecule has 1 aliphatic carbocycles. The molecule has 2 amide bonds. The van der Waals surface area contributed by atoms with Gasteiger partial charge < -0.3 is 23.7 Å². The third-order valence-electron chi connectivity index (χ3n) is 10.6. The molecule has 282 valence electrons. The number of aromatic nitrogens is 3. The van der Waals surface area contributed by atoms with Gasteiger partial charge in [-0.25, -0.2) is 13.1 Å². The van der Waals surface area contributed by atoms with Gasteiger partial charge in [-0.3, -0.25) is 14.3 Å². The topological polar surface area (TPSA) is 134 Å². The first kappa shape index (κ1) is 36.9. The van der Waals surface area contributed by atoms with Crippen LogP contribution in [0.2, 0.25) is 0 Å². The lowest BCUT2D eigenvalue weighted by atomic mass is 9.81. The molecular weight excluding hydrogens is 695 g/mol. The fourth-order valence-corrected chi connectivity index (χ4v) is 9.70. The van der Waals surface area contributed by atoms with Crippen molar-refractivity contribution in [3.05, 3.63) is 70.5 Å². The number of aryl methyl sites for hydroxylation is 1. The van der Waals surface area contributed by atoms with Gasteiger partial charge in [-0.1, -0.05) is 39.2 Å². The van der Waals surface area contributed by atoms with E-state index in [4.69, 9.17) is 14.2 Å². The van der Waals surface area contributed by atoms with Gasteiger partial charge in [0.15, 0.2) is 0 Å². The lowest BCUT2D eigenvalue weighted by Crippen LogP contribution is -2.47. The molecule has 4 aromatic rings. The second kappa shape index (κ2) is 15.1. The molecule has 2 aromatic heterocycles. The van der Waals surface area contributed by atoms with E-state index in [2.05, 4.69) is 26.5 Å². The Hall–Kier alpha value is -4.46. The minimum absolute atomic E-state index is 0.129. The van der Waals surface area contributed by atoms with Crippen molar-refractivity contribution in [3.8, 4) is 17.0 Å². The van der Waals surface area contributed by atoms with Gasteiger partial charge in [0.2, 0.25) is 10.0 Å². The normalized spacial score (nSPS) is 18.0. The second-order valence-corrected chi connectivity index (χ2v) is 16.6. The van der Waals surface area contributed by atoms with Crippen LogP contribution in [0.25, 0.3) is 33.8 Å². The largest absolute Gasteiger partial charge is 0.497 e. The Morgan fingerprint density at radius 3 is 2.58 bits per heavy atom. The summed E-state index contributed by atoms with van der Waals surface area (Å²) >= 11 is 0. The average molecular weight is 744 g/mol. The average Bonchev–Trinajstić information content (AvgIpc) is 3.62. The van der Waals surface area contributed by atoms with Gasteiger partial charge in [0.1, 0.15) is 5.75 Å². The highest BCUT2D eigenvalue weighted by molar-refractivity contribution is 7.90. The maximum Gasteiger partial charge on any atom is 0.264 e. The molecule has 0 unspecified atom stereocenters. The van der Waals surface area contributed by atoms with E-state index >= 15 is 0 Å². The van der Waals surface area contributed by atoms with Crippen LogP contribution in [0.5, 0.6) is 5.75 Å². The molecule has 0 bridgehead atoms. The molecule has 0 spiro atoms. The van der Waals surface area contributed by atoms with E-state index in [-0.39, 0.29) is 29.2 Å². The van der Waals surface area contributed by atoms with Crippen molar-refractivity contribution in [2.24, 2.45) is 13.0 Å². The molecule has 53 heavy (non-hydrogen) atoms. The first-order valence-corrected chi connectivity index (χ1v) is 20.1. The Morgan fingerprint density at radius 1 is 1.06 bits per heavy atom. The predicted octanol–water partition coefficient (Wildman–Crippen LogP) is 5.86. The van der Waals surface area contributed by atoms with Gasteiger partial charge in [0.05, 0.1) is 61.9 Å². The van der Waals surface area contributed by atoms with E-state index in [0.29, 0.717) is 55.8 Å². The van der Waals surface area contributed by atoms with E-state index in [1.54, 1.807) is 49.9 Å². The monoisotopic (exact) mass is 743 g/mol. The number of methoxy groups -OCH3 is 2. The minimum Gasteiger partial charge on any atom is -0.497 e. The van der Waals surface area contributed by atoms with E-state index < -0.39 is 15.9 Å². The van der Waals surface area contributed by atoms with Crippen molar-refractivity contribution in [1.82, 2.24) is 24.0 Å². The summed E-state index contributed by atoms with van der Waals surface area (Å²) in [5.74, 6) is -0.0525. The van der Waals surface area contributed by atoms with Crippen LogP contribution in [0.3, 0.4) is 0 Å². The van der Waals surface area contributed by atoms with Gasteiger partial charge in [0, 0.05) is 49.3 Å².